The summed E-state index contributed by atoms with van der Waals surface area (Å²) in [5.74, 6) is 1.26. The van der Waals surface area contributed by atoms with E-state index in [4.69, 9.17) is 19.9 Å². The summed E-state index contributed by atoms with van der Waals surface area (Å²) in [5, 5.41) is 2.81. The third-order valence-corrected chi connectivity index (χ3v) is 4.67. The molecule has 0 aromatic heterocycles. The molecule has 0 radical (unpaired) electrons. The summed E-state index contributed by atoms with van der Waals surface area (Å²) in [5.41, 5.74) is 6.19. The van der Waals surface area contributed by atoms with Crippen LogP contribution >= 0.6 is 12.4 Å². The van der Waals surface area contributed by atoms with Gasteiger partial charge in [-0.15, -0.1) is 12.4 Å². The highest BCUT2D eigenvalue weighted by molar-refractivity contribution is 5.85. The molecule has 1 aromatic carbocycles. The number of nitrogens with two attached hydrogens (primary N) is 1. The Morgan fingerprint density at radius 3 is 2.36 bits per heavy atom. The Kier molecular flexibility index (Phi) is 9.89. The molecule has 0 aliphatic carbocycles. The predicted molar refractivity (Wildman–Crippen MR) is 108 cm³/mol. The predicted octanol–water partition coefficient (Wildman–Crippen LogP) is 0.990. The van der Waals surface area contributed by atoms with Crippen LogP contribution in [0, 0.1) is 5.92 Å². The van der Waals surface area contributed by atoms with Crippen LogP contribution in [-0.4, -0.2) is 64.2 Å². The van der Waals surface area contributed by atoms with Crippen LogP contribution in [0.3, 0.4) is 0 Å². The summed E-state index contributed by atoms with van der Waals surface area (Å²) in [6, 6.07) is 3.54. The van der Waals surface area contributed by atoms with Crippen LogP contribution < -0.4 is 25.3 Å². The van der Waals surface area contributed by atoms with Gasteiger partial charge in [0, 0.05) is 26.2 Å². The van der Waals surface area contributed by atoms with Crippen molar-refractivity contribution in [2.45, 2.75) is 19.3 Å². The topological polar surface area (TPSA) is 103 Å². The third-order valence-electron chi connectivity index (χ3n) is 4.67. The van der Waals surface area contributed by atoms with Gasteiger partial charge in [-0.1, -0.05) is 0 Å². The maximum Gasteiger partial charge on any atom is 0.227 e. The van der Waals surface area contributed by atoms with E-state index in [1.54, 1.807) is 17.0 Å². The van der Waals surface area contributed by atoms with Crippen LogP contribution in [-0.2, 0) is 16.0 Å². The second-order valence-corrected chi connectivity index (χ2v) is 6.47. The lowest BCUT2D eigenvalue weighted by molar-refractivity contribution is -0.135. The summed E-state index contributed by atoms with van der Waals surface area (Å²) < 4.78 is 16.0. The number of nitrogens with zero attached hydrogens (tertiary/aromatic N) is 1. The van der Waals surface area contributed by atoms with Crippen molar-refractivity contribution in [3.05, 3.63) is 17.7 Å². The van der Waals surface area contributed by atoms with E-state index < -0.39 is 0 Å². The normalized spacial score (nSPS) is 16.0. The Morgan fingerprint density at radius 1 is 1.18 bits per heavy atom. The number of rotatable bonds is 8. The number of benzene rings is 1. The molecule has 1 aromatic rings. The number of nitrogens with one attached hydrogen (secondary N) is 1. The summed E-state index contributed by atoms with van der Waals surface area (Å²) in [7, 11) is 4.62. The summed E-state index contributed by atoms with van der Waals surface area (Å²) in [6.45, 7) is 1.94. The summed E-state index contributed by atoms with van der Waals surface area (Å²) >= 11 is 0. The maximum atomic E-state index is 12.8. The Balaban J connectivity index is 0.00000392. The number of hydrogen-bond acceptors (Lipinski definition) is 6. The number of halogens is 1. The monoisotopic (exact) mass is 415 g/mol. The zero-order valence-electron chi connectivity index (χ0n) is 16.7. The van der Waals surface area contributed by atoms with Gasteiger partial charge in [0.1, 0.15) is 0 Å². The molecule has 1 aliphatic heterocycles. The highest BCUT2D eigenvalue weighted by atomic mass is 35.5. The fourth-order valence-corrected chi connectivity index (χ4v) is 3.28. The number of hydrogen-bond donors (Lipinski definition) is 2. The van der Waals surface area contributed by atoms with E-state index in [9.17, 15) is 9.59 Å². The standard InChI is InChI=1S/C19H29N3O5.ClH/c1-25-15-9-13(10-16(26-2)18(15)27-3)11-17(23)22-8-4-5-14(12-22)19(24)21-7-6-20;/h9-10,14H,4-8,11-12,20H2,1-3H3,(H,21,24);1H. The first kappa shape index (κ1) is 23.8. The fraction of sp³-hybridized carbons (Fsp3) is 0.579. The van der Waals surface area contributed by atoms with Crippen LogP contribution in [0.1, 0.15) is 18.4 Å². The molecule has 9 heteroatoms. The van der Waals surface area contributed by atoms with Crippen molar-refractivity contribution < 1.29 is 23.8 Å². The van der Waals surface area contributed by atoms with Gasteiger partial charge in [0.15, 0.2) is 11.5 Å². The van der Waals surface area contributed by atoms with Crippen molar-refractivity contribution in [2.24, 2.45) is 11.7 Å². The quantitative estimate of drug-likeness (QED) is 0.656. The highest BCUT2D eigenvalue weighted by Crippen LogP contribution is 2.38. The molecule has 158 valence electrons. The molecular formula is C19H30ClN3O5. The highest BCUT2D eigenvalue weighted by Gasteiger charge is 2.28. The SMILES string of the molecule is COc1cc(CC(=O)N2CCCC(C(=O)NCCN)C2)cc(OC)c1OC.Cl. The molecule has 2 rings (SSSR count). The molecule has 28 heavy (non-hydrogen) atoms. The van der Waals surface area contributed by atoms with E-state index in [1.807, 2.05) is 0 Å². The van der Waals surface area contributed by atoms with Crippen molar-refractivity contribution in [3.8, 4) is 17.2 Å². The average Bonchev–Trinajstić information content (AvgIpc) is 2.71. The molecule has 1 heterocycles. The molecule has 1 aliphatic rings. The Hall–Kier alpha value is -2.19. The smallest absolute Gasteiger partial charge is 0.227 e. The van der Waals surface area contributed by atoms with Crippen LogP contribution in [0.25, 0.3) is 0 Å². The molecule has 0 saturated carbocycles. The van der Waals surface area contributed by atoms with Gasteiger partial charge >= 0.3 is 0 Å². The number of carbonyl (C=O) groups excluding carboxylic acids is 2. The first-order valence-corrected chi connectivity index (χ1v) is 9.08. The molecule has 0 spiro atoms. The van der Waals surface area contributed by atoms with E-state index in [1.165, 1.54) is 21.3 Å². The third kappa shape index (κ3) is 5.90. The number of piperidine rings is 1. The minimum absolute atomic E-state index is 0. The van der Waals surface area contributed by atoms with Gasteiger partial charge in [-0.3, -0.25) is 9.59 Å². The zero-order valence-corrected chi connectivity index (χ0v) is 17.5. The molecular weight excluding hydrogens is 386 g/mol. The van der Waals surface area contributed by atoms with E-state index in [0.29, 0.717) is 43.4 Å². The Morgan fingerprint density at radius 2 is 1.82 bits per heavy atom. The van der Waals surface area contributed by atoms with Crippen molar-refractivity contribution in [1.82, 2.24) is 10.2 Å². The van der Waals surface area contributed by atoms with Gasteiger partial charge in [-0.25, -0.2) is 0 Å². The largest absolute Gasteiger partial charge is 0.493 e. The van der Waals surface area contributed by atoms with E-state index in [-0.39, 0.29) is 36.6 Å². The summed E-state index contributed by atoms with van der Waals surface area (Å²) in [4.78, 5) is 26.7. The first-order valence-electron chi connectivity index (χ1n) is 9.08. The summed E-state index contributed by atoms with van der Waals surface area (Å²) in [6.07, 6.45) is 1.79. The minimum Gasteiger partial charge on any atom is -0.493 e. The number of ether oxygens (including phenoxy) is 3. The van der Waals surface area contributed by atoms with E-state index in [2.05, 4.69) is 5.32 Å². The molecule has 2 amide bonds. The van der Waals surface area contributed by atoms with Gasteiger partial charge in [-0.2, -0.15) is 0 Å². The molecule has 8 nitrogen and oxygen atoms in total. The zero-order chi connectivity index (χ0) is 19.8. The van der Waals surface area contributed by atoms with Crippen LogP contribution in [0.15, 0.2) is 12.1 Å². The number of likely N-dealkylation sites (tertiary alicyclic amines) is 1. The van der Waals surface area contributed by atoms with Crippen LogP contribution in [0.5, 0.6) is 17.2 Å². The Bertz CT molecular complexity index is 646. The van der Waals surface area contributed by atoms with Gasteiger partial charge in [0.05, 0.1) is 33.7 Å². The van der Waals surface area contributed by atoms with Crippen LogP contribution in [0.2, 0.25) is 0 Å². The van der Waals surface area contributed by atoms with Gasteiger partial charge < -0.3 is 30.2 Å². The second-order valence-electron chi connectivity index (χ2n) is 6.47. The lowest BCUT2D eigenvalue weighted by Crippen LogP contribution is -2.46. The molecule has 1 unspecified atom stereocenters. The minimum atomic E-state index is -0.186. The molecule has 1 saturated heterocycles. The van der Waals surface area contributed by atoms with Gasteiger partial charge in [0.25, 0.3) is 0 Å². The first-order chi connectivity index (χ1) is 13.0. The Labute approximate surface area is 172 Å². The van der Waals surface area contributed by atoms with Crippen molar-refractivity contribution in [2.75, 3.05) is 47.5 Å². The average molecular weight is 416 g/mol. The number of amides is 2. The fourth-order valence-electron chi connectivity index (χ4n) is 3.28. The van der Waals surface area contributed by atoms with Crippen molar-refractivity contribution >= 4 is 24.2 Å². The number of carbonyl (C=O) groups is 2. The second kappa shape index (κ2) is 11.6. The van der Waals surface area contributed by atoms with Crippen LogP contribution in [0.4, 0.5) is 0 Å². The maximum absolute atomic E-state index is 12.8. The van der Waals surface area contributed by atoms with Gasteiger partial charge in [0.2, 0.25) is 17.6 Å². The lowest BCUT2D eigenvalue weighted by atomic mass is 9.96. The molecule has 1 fully saturated rings. The van der Waals surface area contributed by atoms with Crippen molar-refractivity contribution in [3.63, 3.8) is 0 Å². The molecule has 0 bridgehead atoms. The van der Waals surface area contributed by atoms with E-state index >= 15 is 0 Å². The van der Waals surface area contributed by atoms with Crippen molar-refractivity contribution in [1.29, 1.82) is 0 Å². The van der Waals surface area contributed by atoms with E-state index in [0.717, 1.165) is 18.4 Å². The lowest BCUT2D eigenvalue weighted by Gasteiger charge is -2.32. The van der Waals surface area contributed by atoms with Gasteiger partial charge in [-0.05, 0) is 30.5 Å². The molecule has 1 atom stereocenters. The number of methoxy groups -OCH3 is 3. The molecule has 3 N–H and O–H groups in total.